The van der Waals surface area contributed by atoms with Crippen molar-refractivity contribution in [2.24, 2.45) is 0 Å². The fourth-order valence-electron chi connectivity index (χ4n) is 4.02. The summed E-state index contributed by atoms with van der Waals surface area (Å²) < 4.78 is 21.0. The molecule has 1 aliphatic rings. The Morgan fingerprint density at radius 1 is 1.16 bits per heavy atom. The van der Waals surface area contributed by atoms with Crippen molar-refractivity contribution >= 4 is 16.9 Å². The van der Waals surface area contributed by atoms with Crippen LogP contribution in [0.25, 0.3) is 22.3 Å². The second-order valence-corrected chi connectivity index (χ2v) is 7.94. The topological polar surface area (TPSA) is 69.0 Å². The number of hydrogen-bond acceptors (Lipinski definition) is 4. The van der Waals surface area contributed by atoms with Crippen LogP contribution in [-0.4, -0.2) is 39.9 Å². The summed E-state index contributed by atoms with van der Waals surface area (Å²) in [6, 6.07) is 17.9. The molecule has 1 fully saturated rings. The van der Waals surface area contributed by atoms with Crippen molar-refractivity contribution in [3.63, 3.8) is 0 Å². The van der Waals surface area contributed by atoms with Gasteiger partial charge in [0, 0.05) is 18.7 Å². The Hall–Kier alpha value is -3.58. The van der Waals surface area contributed by atoms with Gasteiger partial charge in [-0.15, -0.1) is 0 Å². The molecule has 2 aromatic heterocycles. The van der Waals surface area contributed by atoms with Crippen LogP contribution >= 0.6 is 0 Å². The molecular weight excluding hydrogens is 407 g/mol. The quantitative estimate of drug-likeness (QED) is 0.498. The standard InChI is InChI=1S/C25H23FN4O2/c26-19-9-4-6-17(12-19)16-30-24-22(15-28-30)21(25(31)27-14-20-10-5-11-32-20)13-23(29-24)18-7-2-1-3-8-18/h1-4,6-9,12-13,15,20H,5,10-11,14,16H2,(H,27,31). The van der Waals surface area contributed by atoms with Crippen LogP contribution in [0.15, 0.2) is 66.9 Å². The predicted molar refractivity (Wildman–Crippen MR) is 120 cm³/mol. The van der Waals surface area contributed by atoms with E-state index in [0.717, 1.165) is 30.6 Å². The van der Waals surface area contributed by atoms with Crippen molar-refractivity contribution in [3.05, 3.63) is 83.8 Å². The molecule has 0 bridgehead atoms. The summed E-state index contributed by atoms with van der Waals surface area (Å²) in [6.07, 6.45) is 3.68. The Bertz CT molecular complexity index is 1250. The van der Waals surface area contributed by atoms with Crippen LogP contribution in [0.5, 0.6) is 0 Å². The average molecular weight is 430 g/mol. The minimum atomic E-state index is -0.300. The maximum Gasteiger partial charge on any atom is 0.252 e. The van der Waals surface area contributed by atoms with Crippen LogP contribution in [0.3, 0.4) is 0 Å². The van der Waals surface area contributed by atoms with Gasteiger partial charge < -0.3 is 10.1 Å². The normalized spacial score (nSPS) is 15.8. The number of benzene rings is 2. The zero-order valence-electron chi connectivity index (χ0n) is 17.5. The van der Waals surface area contributed by atoms with Gasteiger partial charge in [-0.25, -0.2) is 14.1 Å². The SMILES string of the molecule is O=C(NCC1CCCO1)c1cc(-c2ccccc2)nc2c1cnn2Cc1cccc(F)c1. The van der Waals surface area contributed by atoms with Gasteiger partial charge in [0.1, 0.15) is 5.82 Å². The highest BCUT2D eigenvalue weighted by Gasteiger charge is 2.20. The summed E-state index contributed by atoms with van der Waals surface area (Å²) in [5.41, 5.74) is 3.45. The van der Waals surface area contributed by atoms with Crippen LogP contribution in [0.1, 0.15) is 28.8 Å². The van der Waals surface area contributed by atoms with Crippen LogP contribution in [-0.2, 0) is 11.3 Å². The van der Waals surface area contributed by atoms with E-state index in [1.165, 1.54) is 12.1 Å². The smallest absolute Gasteiger partial charge is 0.252 e. The van der Waals surface area contributed by atoms with E-state index in [-0.39, 0.29) is 17.8 Å². The summed E-state index contributed by atoms with van der Waals surface area (Å²) in [5, 5.41) is 8.12. The van der Waals surface area contributed by atoms with Crippen molar-refractivity contribution in [1.82, 2.24) is 20.1 Å². The number of amides is 1. The molecule has 32 heavy (non-hydrogen) atoms. The number of nitrogens with zero attached hydrogens (tertiary/aromatic N) is 3. The first-order chi connectivity index (χ1) is 15.7. The maximum absolute atomic E-state index is 13.7. The Kier molecular flexibility index (Phi) is 5.64. The summed E-state index contributed by atoms with van der Waals surface area (Å²) in [6.45, 7) is 1.56. The molecule has 7 heteroatoms. The van der Waals surface area contributed by atoms with Gasteiger partial charge in [-0.1, -0.05) is 42.5 Å². The van der Waals surface area contributed by atoms with Crippen LogP contribution in [0.2, 0.25) is 0 Å². The number of hydrogen-bond donors (Lipinski definition) is 1. The third kappa shape index (κ3) is 4.24. The number of fused-ring (bicyclic) bond motifs is 1. The highest BCUT2D eigenvalue weighted by atomic mass is 19.1. The zero-order chi connectivity index (χ0) is 21.9. The molecule has 0 aliphatic carbocycles. The van der Waals surface area contributed by atoms with Gasteiger partial charge in [0.2, 0.25) is 0 Å². The van der Waals surface area contributed by atoms with Gasteiger partial charge >= 0.3 is 0 Å². The van der Waals surface area contributed by atoms with E-state index >= 15 is 0 Å². The highest BCUT2D eigenvalue weighted by Crippen LogP contribution is 2.25. The van der Waals surface area contributed by atoms with E-state index in [4.69, 9.17) is 9.72 Å². The average Bonchev–Trinajstić information content (AvgIpc) is 3.48. The van der Waals surface area contributed by atoms with E-state index in [0.29, 0.717) is 35.4 Å². The number of rotatable bonds is 6. The number of halogens is 1. The highest BCUT2D eigenvalue weighted by molar-refractivity contribution is 6.06. The minimum absolute atomic E-state index is 0.0561. The minimum Gasteiger partial charge on any atom is -0.376 e. The van der Waals surface area contributed by atoms with E-state index in [2.05, 4.69) is 10.4 Å². The molecule has 5 rings (SSSR count). The molecule has 1 aliphatic heterocycles. The summed E-state index contributed by atoms with van der Waals surface area (Å²) in [4.78, 5) is 17.9. The molecule has 1 saturated heterocycles. The van der Waals surface area contributed by atoms with Gasteiger partial charge in [-0.3, -0.25) is 4.79 Å². The van der Waals surface area contributed by atoms with Gasteiger partial charge in [0.05, 0.1) is 35.5 Å². The zero-order valence-corrected chi connectivity index (χ0v) is 17.5. The van der Waals surface area contributed by atoms with Gasteiger partial charge in [0.15, 0.2) is 5.65 Å². The Morgan fingerprint density at radius 2 is 2.03 bits per heavy atom. The third-order valence-electron chi connectivity index (χ3n) is 5.66. The fraction of sp³-hybridized carbons (Fsp3) is 0.240. The van der Waals surface area contributed by atoms with E-state index < -0.39 is 0 Å². The summed E-state index contributed by atoms with van der Waals surface area (Å²) in [7, 11) is 0. The molecule has 1 N–H and O–H groups in total. The third-order valence-corrected chi connectivity index (χ3v) is 5.66. The van der Waals surface area contributed by atoms with Crippen LogP contribution in [0.4, 0.5) is 4.39 Å². The number of ether oxygens (including phenoxy) is 1. The number of pyridine rings is 1. The molecular formula is C25H23FN4O2. The molecule has 0 spiro atoms. The molecule has 4 aromatic rings. The van der Waals surface area contributed by atoms with Crippen molar-refractivity contribution in [3.8, 4) is 11.3 Å². The Morgan fingerprint density at radius 3 is 2.81 bits per heavy atom. The first-order valence-corrected chi connectivity index (χ1v) is 10.7. The summed E-state index contributed by atoms with van der Waals surface area (Å²) in [5.74, 6) is -0.485. The van der Waals surface area contributed by atoms with Crippen LogP contribution < -0.4 is 5.32 Å². The van der Waals surface area contributed by atoms with E-state index in [1.54, 1.807) is 23.0 Å². The molecule has 162 valence electrons. The predicted octanol–water partition coefficient (Wildman–Crippen LogP) is 4.19. The first-order valence-electron chi connectivity index (χ1n) is 10.7. The second-order valence-electron chi connectivity index (χ2n) is 7.94. The molecule has 1 atom stereocenters. The molecule has 1 amide bonds. The van der Waals surface area contributed by atoms with Gasteiger partial charge in [-0.2, -0.15) is 5.10 Å². The largest absolute Gasteiger partial charge is 0.376 e. The Labute approximate surface area is 185 Å². The van der Waals surface area contributed by atoms with Crippen molar-refractivity contribution in [2.45, 2.75) is 25.5 Å². The lowest BCUT2D eigenvalue weighted by Crippen LogP contribution is -2.31. The second kappa shape index (κ2) is 8.88. The Balaban J connectivity index is 1.54. The number of nitrogens with one attached hydrogen (secondary N) is 1. The van der Waals surface area contributed by atoms with Crippen LogP contribution in [0, 0.1) is 5.82 Å². The maximum atomic E-state index is 13.7. The van der Waals surface area contributed by atoms with E-state index in [9.17, 15) is 9.18 Å². The molecule has 3 heterocycles. The number of carbonyl (C=O) groups excluding carboxylic acids is 1. The molecule has 1 unspecified atom stereocenters. The van der Waals surface area contributed by atoms with Crippen molar-refractivity contribution in [2.75, 3.05) is 13.2 Å². The molecule has 6 nitrogen and oxygen atoms in total. The molecule has 0 radical (unpaired) electrons. The lowest BCUT2D eigenvalue weighted by atomic mass is 10.1. The summed E-state index contributed by atoms with van der Waals surface area (Å²) >= 11 is 0. The number of aromatic nitrogens is 3. The molecule has 2 aromatic carbocycles. The van der Waals surface area contributed by atoms with E-state index in [1.807, 2.05) is 36.4 Å². The number of carbonyl (C=O) groups is 1. The first kappa shape index (κ1) is 20.3. The van der Waals surface area contributed by atoms with Gasteiger partial charge in [0.25, 0.3) is 5.91 Å². The van der Waals surface area contributed by atoms with Gasteiger partial charge in [-0.05, 0) is 36.6 Å². The fourth-order valence-corrected chi connectivity index (χ4v) is 4.02. The van der Waals surface area contributed by atoms with Crippen molar-refractivity contribution in [1.29, 1.82) is 0 Å². The lowest BCUT2D eigenvalue weighted by Gasteiger charge is -2.12. The lowest BCUT2D eigenvalue weighted by molar-refractivity contribution is 0.0859. The van der Waals surface area contributed by atoms with Crippen molar-refractivity contribution < 1.29 is 13.9 Å². The molecule has 0 saturated carbocycles. The monoisotopic (exact) mass is 430 g/mol.